The fourth-order valence-electron chi connectivity index (χ4n) is 4.43. The van der Waals surface area contributed by atoms with Gasteiger partial charge in [-0.15, -0.1) is 0 Å². The maximum absolute atomic E-state index is 14.2. The molecule has 0 unspecified atom stereocenters. The molecule has 0 saturated heterocycles. The van der Waals surface area contributed by atoms with Gasteiger partial charge in [0.05, 0.1) is 0 Å². The Morgan fingerprint density at radius 1 is 0.974 bits per heavy atom. The van der Waals surface area contributed by atoms with E-state index in [2.05, 4.69) is 15.3 Å². The van der Waals surface area contributed by atoms with Gasteiger partial charge >= 0.3 is 0 Å². The van der Waals surface area contributed by atoms with Crippen LogP contribution in [0.3, 0.4) is 0 Å². The smallest absolute Gasteiger partial charge is 0.271 e. The van der Waals surface area contributed by atoms with Crippen molar-refractivity contribution in [3.05, 3.63) is 102 Å². The van der Waals surface area contributed by atoms with E-state index >= 15 is 0 Å². The predicted molar refractivity (Wildman–Crippen MR) is 144 cm³/mol. The van der Waals surface area contributed by atoms with Crippen molar-refractivity contribution in [2.45, 2.75) is 38.9 Å². The lowest BCUT2D eigenvalue weighted by Gasteiger charge is -2.33. The SMILES string of the molecule is CC(C)(C)NC(=O)[C@H](c1ccncc1)N(Cc1ccc2c(c1)OCO2)C(=O)c1ccc(-c2ccccc2)[nH]1. The maximum Gasteiger partial charge on any atom is 0.271 e. The number of hydrogen-bond donors (Lipinski definition) is 2. The number of nitrogens with zero attached hydrogens (tertiary/aromatic N) is 2. The normalized spacial score (nSPS) is 13.1. The lowest BCUT2D eigenvalue weighted by Crippen LogP contribution is -2.49. The van der Waals surface area contributed by atoms with Crippen molar-refractivity contribution in [2.24, 2.45) is 0 Å². The Morgan fingerprint density at radius 2 is 1.71 bits per heavy atom. The molecule has 2 amide bonds. The average Bonchev–Trinajstić information content (AvgIpc) is 3.58. The van der Waals surface area contributed by atoms with Gasteiger partial charge < -0.3 is 24.7 Å². The second kappa shape index (κ2) is 10.4. The molecular weight excluding hydrogens is 480 g/mol. The third-order valence-electron chi connectivity index (χ3n) is 6.13. The molecule has 1 aliphatic rings. The largest absolute Gasteiger partial charge is 0.454 e. The molecule has 0 saturated carbocycles. The molecular formula is C30H30N4O4. The lowest BCUT2D eigenvalue weighted by molar-refractivity contribution is -0.127. The van der Waals surface area contributed by atoms with Gasteiger partial charge in [0.15, 0.2) is 11.5 Å². The van der Waals surface area contributed by atoms with E-state index in [1.54, 1.807) is 35.5 Å². The van der Waals surface area contributed by atoms with Gasteiger partial charge in [-0.25, -0.2) is 0 Å². The topological polar surface area (TPSA) is 96.6 Å². The van der Waals surface area contributed by atoms with Gasteiger partial charge in [-0.2, -0.15) is 0 Å². The summed E-state index contributed by atoms with van der Waals surface area (Å²) >= 11 is 0. The van der Waals surface area contributed by atoms with Crippen LogP contribution in [0.5, 0.6) is 11.5 Å². The van der Waals surface area contributed by atoms with Gasteiger partial charge in [-0.05, 0) is 73.9 Å². The molecule has 5 rings (SSSR count). The van der Waals surface area contributed by atoms with Crippen LogP contribution in [0.1, 0.15) is 48.4 Å². The minimum absolute atomic E-state index is 0.153. The number of benzene rings is 2. The molecule has 0 fully saturated rings. The average molecular weight is 511 g/mol. The van der Waals surface area contributed by atoms with Gasteiger partial charge in [0.2, 0.25) is 12.7 Å². The number of pyridine rings is 1. The highest BCUT2D eigenvalue weighted by Crippen LogP contribution is 2.34. The van der Waals surface area contributed by atoms with Crippen molar-refractivity contribution < 1.29 is 19.1 Å². The summed E-state index contributed by atoms with van der Waals surface area (Å²) in [7, 11) is 0. The number of H-pyrrole nitrogens is 1. The highest BCUT2D eigenvalue weighted by molar-refractivity contribution is 5.97. The number of nitrogens with one attached hydrogen (secondary N) is 2. The van der Waals surface area contributed by atoms with Crippen molar-refractivity contribution in [3.63, 3.8) is 0 Å². The van der Waals surface area contributed by atoms with Crippen LogP contribution in [0, 0.1) is 0 Å². The molecule has 1 atom stereocenters. The zero-order chi connectivity index (χ0) is 26.7. The van der Waals surface area contributed by atoms with Crippen molar-refractivity contribution in [1.29, 1.82) is 0 Å². The summed E-state index contributed by atoms with van der Waals surface area (Å²) in [6.07, 6.45) is 3.25. The van der Waals surface area contributed by atoms with E-state index in [4.69, 9.17) is 9.47 Å². The minimum Gasteiger partial charge on any atom is -0.454 e. The number of carbonyl (C=O) groups excluding carboxylic acids is 2. The molecule has 0 spiro atoms. The summed E-state index contributed by atoms with van der Waals surface area (Å²) in [6, 6.07) is 21.6. The molecule has 0 radical (unpaired) electrons. The molecule has 2 aromatic carbocycles. The Hall–Kier alpha value is -4.59. The van der Waals surface area contributed by atoms with Crippen LogP contribution in [-0.2, 0) is 11.3 Å². The Labute approximate surface area is 221 Å². The molecule has 2 N–H and O–H groups in total. The quantitative estimate of drug-likeness (QED) is 0.360. The van der Waals surface area contributed by atoms with E-state index in [1.807, 2.05) is 75.4 Å². The van der Waals surface area contributed by atoms with Crippen molar-refractivity contribution in [3.8, 4) is 22.8 Å². The molecule has 3 heterocycles. The fraction of sp³-hybridized carbons (Fsp3) is 0.233. The van der Waals surface area contributed by atoms with Crippen LogP contribution in [0.2, 0.25) is 0 Å². The minimum atomic E-state index is -0.904. The summed E-state index contributed by atoms with van der Waals surface area (Å²) in [5, 5.41) is 3.05. The molecule has 38 heavy (non-hydrogen) atoms. The molecule has 0 aliphatic carbocycles. The summed E-state index contributed by atoms with van der Waals surface area (Å²) in [4.78, 5) is 36.9. The first-order valence-electron chi connectivity index (χ1n) is 12.4. The van der Waals surface area contributed by atoms with Crippen LogP contribution in [-0.4, -0.2) is 39.0 Å². The number of hydrogen-bond acceptors (Lipinski definition) is 5. The van der Waals surface area contributed by atoms with Crippen LogP contribution < -0.4 is 14.8 Å². The molecule has 0 bridgehead atoms. The number of carbonyl (C=O) groups is 2. The highest BCUT2D eigenvalue weighted by atomic mass is 16.7. The zero-order valence-corrected chi connectivity index (χ0v) is 21.6. The number of fused-ring (bicyclic) bond motifs is 1. The summed E-state index contributed by atoms with van der Waals surface area (Å²) < 4.78 is 11.0. The van der Waals surface area contributed by atoms with Crippen LogP contribution >= 0.6 is 0 Å². The standard InChI is InChI=1S/C30H30N4O4/c1-30(2,3)33-28(35)27(22-13-15-31-16-14-22)34(18-20-9-12-25-26(17-20)38-19-37-25)29(36)24-11-10-23(32-24)21-7-5-4-6-8-21/h4-17,27,32H,18-19H2,1-3H3,(H,33,35)/t27-/m0/s1. The Balaban J connectivity index is 1.56. The molecule has 4 aromatic rings. The van der Waals surface area contributed by atoms with Crippen molar-refractivity contribution >= 4 is 11.8 Å². The molecule has 194 valence electrons. The number of aromatic nitrogens is 2. The second-order valence-electron chi connectivity index (χ2n) is 10.2. The molecule has 2 aromatic heterocycles. The number of ether oxygens (including phenoxy) is 2. The van der Waals surface area contributed by atoms with Gasteiger partial charge in [0.25, 0.3) is 5.91 Å². The predicted octanol–water partition coefficient (Wildman–Crippen LogP) is 5.10. The van der Waals surface area contributed by atoms with E-state index in [0.29, 0.717) is 22.8 Å². The maximum atomic E-state index is 14.2. The van der Waals surface area contributed by atoms with Crippen molar-refractivity contribution in [2.75, 3.05) is 6.79 Å². The first-order valence-corrected chi connectivity index (χ1v) is 12.4. The third kappa shape index (κ3) is 5.54. The van der Waals surface area contributed by atoms with Crippen molar-refractivity contribution in [1.82, 2.24) is 20.2 Å². The lowest BCUT2D eigenvalue weighted by atomic mass is 10.0. The van der Waals surface area contributed by atoms with Gasteiger partial charge in [-0.1, -0.05) is 36.4 Å². The second-order valence-corrected chi connectivity index (χ2v) is 10.2. The monoisotopic (exact) mass is 510 g/mol. The van der Waals surface area contributed by atoms with E-state index in [9.17, 15) is 9.59 Å². The third-order valence-corrected chi connectivity index (χ3v) is 6.13. The van der Waals surface area contributed by atoms with Gasteiger partial charge in [-0.3, -0.25) is 14.6 Å². The highest BCUT2D eigenvalue weighted by Gasteiger charge is 2.34. The molecule has 8 heteroatoms. The van der Waals surface area contributed by atoms with Gasteiger partial charge in [0, 0.05) is 30.2 Å². The van der Waals surface area contributed by atoms with E-state index in [1.165, 1.54) is 0 Å². The Morgan fingerprint density at radius 3 is 2.45 bits per heavy atom. The number of amides is 2. The van der Waals surface area contributed by atoms with Gasteiger partial charge in [0.1, 0.15) is 11.7 Å². The molecule has 8 nitrogen and oxygen atoms in total. The van der Waals surface area contributed by atoms with E-state index in [-0.39, 0.29) is 25.2 Å². The molecule has 1 aliphatic heterocycles. The van der Waals surface area contributed by atoms with E-state index < -0.39 is 11.6 Å². The summed E-state index contributed by atoms with van der Waals surface area (Å²) in [5.41, 5.74) is 3.13. The number of rotatable bonds is 7. The zero-order valence-electron chi connectivity index (χ0n) is 21.6. The first-order chi connectivity index (χ1) is 18.3. The van der Waals surface area contributed by atoms with Crippen LogP contribution in [0.25, 0.3) is 11.3 Å². The van der Waals surface area contributed by atoms with E-state index in [0.717, 1.165) is 16.8 Å². The summed E-state index contributed by atoms with van der Waals surface area (Å²) in [5.74, 6) is 0.670. The fourth-order valence-corrected chi connectivity index (χ4v) is 4.43. The Bertz CT molecular complexity index is 1430. The Kier molecular flexibility index (Phi) is 6.87. The summed E-state index contributed by atoms with van der Waals surface area (Å²) in [6.45, 7) is 6.06. The van der Waals surface area contributed by atoms with Crippen LogP contribution in [0.4, 0.5) is 0 Å². The number of aromatic amines is 1. The van der Waals surface area contributed by atoms with Crippen LogP contribution in [0.15, 0.2) is 85.2 Å². The first kappa shape index (κ1) is 25.1.